The van der Waals surface area contributed by atoms with Crippen LogP contribution in [0.2, 0.25) is 0 Å². The van der Waals surface area contributed by atoms with Gasteiger partial charge in [-0.1, -0.05) is 20.8 Å². The van der Waals surface area contributed by atoms with Crippen LogP contribution in [0.15, 0.2) is 0 Å². The van der Waals surface area contributed by atoms with Crippen LogP contribution in [0.5, 0.6) is 0 Å². The van der Waals surface area contributed by atoms with Gasteiger partial charge in [-0.05, 0) is 19.8 Å². The average Bonchev–Trinajstić information content (AvgIpc) is 2.43. The van der Waals surface area contributed by atoms with Gasteiger partial charge < -0.3 is 15.5 Å². The van der Waals surface area contributed by atoms with Gasteiger partial charge in [-0.3, -0.25) is 14.4 Å². The Bertz CT molecular complexity index is 401. The monoisotopic (exact) mass is 297 g/mol. The molecular formula is C15H27N3O3. The zero-order chi connectivity index (χ0) is 16.0. The van der Waals surface area contributed by atoms with Crippen LogP contribution >= 0.6 is 0 Å². The summed E-state index contributed by atoms with van der Waals surface area (Å²) in [5.74, 6) is -0.486. The van der Waals surface area contributed by atoms with E-state index in [1.807, 2.05) is 27.7 Å². The molecule has 0 aromatic heterocycles. The van der Waals surface area contributed by atoms with E-state index in [4.69, 9.17) is 0 Å². The fourth-order valence-electron chi connectivity index (χ4n) is 2.42. The number of likely N-dealkylation sites (tertiary alicyclic amines) is 1. The molecule has 1 aliphatic heterocycles. The molecule has 0 aromatic carbocycles. The molecule has 1 fully saturated rings. The van der Waals surface area contributed by atoms with Crippen LogP contribution in [0.3, 0.4) is 0 Å². The predicted octanol–water partition coefficient (Wildman–Crippen LogP) is 0.523. The van der Waals surface area contributed by atoms with Crippen molar-refractivity contribution >= 4 is 17.7 Å². The van der Waals surface area contributed by atoms with Crippen molar-refractivity contribution in [3.05, 3.63) is 0 Å². The molecule has 6 heteroatoms. The van der Waals surface area contributed by atoms with E-state index in [1.165, 1.54) is 0 Å². The molecule has 1 unspecified atom stereocenters. The van der Waals surface area contributed by atoms with E-state index in [0.717, 1.165) is 12.8 Å². The lowest BCUT2D eigenvalue weighted by molar-refractivity contribution is -0.143. The third-order valence-corrected chi connectivity index (χ3v) is 3.52. The molecule has 0 radical (unpaired) electrons. The second-order valence-corrected chi connectivity index (χ2v) is 6.51. The van der Waals surface area contributed by atoms with Gasteiger partial charge in [0.15, 0.2) is 0 Å². The van der Waals surface area contributed by atoms with E-state index in [-0.39, 0.29) is 30.2 Å². The Morgan fingerprint density at radius 2 is 1.86 bits per heavy atom. The molecule has 1 heterocycles. The molecule has 1 atom stereocenters. The van der Waals surface area contributed by atoms with Crippen LogP contribution < -0.4 is 10.6 Å². The minimum atomic E-state index is -0.431. The van der Waals surface area contributed by atoms with Crippen molar-refractivity contribution in [3.8, 4) is 0 Å². The second kappa shape index (κ2) is 7.43. The van der Waals surface area contributed by atoms with Crippen molar-refractivity contribution in [2.24, 2.45) is 11.3 Å². The van der Waals surface area contributed by atoms with Gasteiger partial charge in [0.1, 0.15) is 0 Å². The van der Waals surface area contributed by atoms with Gasteiger partial charge in [0.25, 0.3) is 0 Å². The van der Waals surface area contributed by atoms with Gasteiger partial charge in [0, 0.05) is 25.0 Å². The first-order chi connectivity index (χ1) is 9.75. The quantitative estimate of drug-likeness (QED) is 0.794. The average molecular weight is 297 g/mol. The van der Waals surface area contributed by atoms with E-state index in [2.05, 4.69) is 10.6 Å². The lowest BCUT2D eigenvalue weighted by Crippen LogP contribution is -2.49. The normalized spacial score (nSPS) is 19.0. The first-order valence-corrected chi connectivity index (χ1v) is 7.59. The molecule has 0 aliphatic carbocycles. The van der Waals surface area contributed by atoms with Gasteiger partial charge in [0.2, 0.25) is 17.7 Å². The van der Waals surface area contributed by atoms with Crippen molar-refractivity contribution in [1.29, 1.82) is 0 Å². The maximum Gasteiger partial charge on any atom is 0.239 e. The summed E-state index contributed by atoms with van der Waals surface area (Å²) in [7, 11) is 0. The van der Waals surface area contributed by atoms with Crippen molar-refractivity contribution in [3.63, 3.8) is 0 Å². The largest absolute Gasteiger partial charge is 0.355 e. The van der Waals surface area contributed by atoms with E-state index in [9.17, 15) is 14.4 Å². The zero-order valence-electron chi connectivity index (χ0n) is 13.5. The minimum Gasteiger partial charge on any atom is -0.355 e. The van der Waals surface area contributed by atoms with Crippen LogP contribution in [0, 0.1) is 11.3 Å². The highest BCUT2D eigenvalue weighted by atomic mass is 16.2. The summed E-state index contributed by atoms with van der Waals surface area (Å²) in [6.45, 7) is 9.17. The van der Waals surface area contributed by atoms with Crippen LogP contribution in [0.25, 0.3) is 0 Å². The number of hydrogen-bond donors (Lipinski definition) is 2. The van der Waals surface area contributed by atoms with Crippen molar-refractivity contribution in [2.75, 3.05) is 26.2 Å². The lowest BCUT2D eigenvalue weighted by Gasteiger charge is -2.35. The molecule has 120 valence electrons. The number of likely N-dealkylation sites (N-methyl/N-ethyl adjacent to an activating group) is 1. The number of rotatable bonds is 4. The molecule has 6 nitrogen and oxygen atoms in total. The highest BCUT2D eigenvalue weighted by Gasteiger charge is 2.33. The van der Waals surface area contributed by atoms with E-state index in [1.54, 1.807) is 4.90 Å². The third kappa shape index (κ3) is 5.36. The van der Waals surface area contributed by atoms with Gasteiger partial charge in [-0.25, -0.2) is 0 Å². The Hall–Kier alpha value is -1.59. The molecule has 0 aromatic rings. The summed E-state index contributed by atoms with van der Waals surface area (Å²) in [5, 5.41) is 5.28. The summed E-state index contributed by atoms with van der Waals surface area (Å²) in [6, 6.07) is 0. The molecule has 1 rings (SSSR count). The maximum atomic E-state index is 12.3. The molecule has 0 bridgehead atoms. The number of piperidine rings is 1. The zero-order valence-corrected chi connectivity index (χ0v) is 13.5. The number of carbonyl (C=O) groups is 3. The molecule has 3 amide bonds. The van der Waals surface area contributed by atoms with E-state index < -0.39 is 5.41 Å². The van der Waals surface area contributed by atoms with Gasteiger partial charge in [0.05, 0.1) is 12.5 Å². The first kappa shape index (κ1) is 17.5. The van der Waals surface area contributed by atoms with Crippen LogP contribution in [-0.4, -0.2) is 48.8 Å². The molecule has 1 saturated heterocycles. The molecule has 0 spiro atoms. The summed E-state index contributed by atoms with van der Waals surface area (Å²) in [5.41, 5.74) is -0.431. The molecule has 0 saturated carbocycles. The molecular weight excluding hydrogens is 270 g/mol. The highest BCUT2D eigenvalue weighted by Crippen LogP contribution is 2.23. The van der Waals surface area contributed by atoms with Crippen molar-refractivity contribution in [1.82, 2.24) is 15.5 Å². The Morgan fingerprint density at radius 3 is 2.43 bits per heavy atom. The SMILES string of the molecule is CCNC(=O)CNC(=O)C1CCCN(C(=O)C(C)(C)C)C1. The fraction of sp³-hybridized carbons (Fsp3) is 0.800. The summed E-state index contributed by atoms with van der Waals surface area (Å²) >= 11 is 0. The predicted molar refractivity (Wildman–Crippen MR) is 80.5 cm³/mol. The van der Waals surface area contributed by atoms with Crippen LogP contribution in [0.4, 0.5) is 0 Å². The Kier molecular flexibility index (Phi) is 6.18. The summed E-state index contributed by atoms with van der Waals surface area (Å²) < 4.78 is 0. The number of amides is 3. The molecule has 21 heavy (non-hydrogen) atoms. The summed E-state index contributed by atoms with van der Waals surface area (Å²) in [6.07, 6.45) is 1.58. The topological polar surface area (TPSA) is 78.5 Å². The van der Waals surface area contributed by atoms with Gasteiger partial charge >= 0.3 is 0 Å². The Morgan fingerprint density at radius 1 is 1.19 bits per heavy atom. The maximum absolute atomic E-state index is 12.3. The fourth-order valence-corrected chi connectivity index (χ4v) is 2.42. The molecule has 1 aliphatic rings. The third-order valence-electron chi connectivity index (χ3n) is 3.52. The number of nitrogens with one attached hydrogen (secondary N) is 2. The standard InChI is InChI=1S/C15H27N3O3/c1-5-16-12(19)9-17-13(20)11-7-6-8-18(10-11)14(21)15(2,3)4/h11H,5-10H2,1-4H3,(H,16,19)(H,17,20). The minimum absolute atomic E-state index is 0.00358. The smallest absolute Gasteiger partial charge is 0.239 e. The lowest BCUT2D eigenvalue weighted by atomic mass is 9.91. The Balaban J connectivity index is 2.50. The first-order valence-electron chi connectivity index (χ1n) is 7.59. The highest BCUT2D eigenvalue weighted by molar-refractivity contribution is 5.87. The van der Waals surface area contributed by atoms with Crippen molar-refractivity contribution in [2.45, 2.75) is 40.5 Å². The second-order valence-electron chi connectivity index (χ2n) is 6.51. The number of carbonyl (C=O) groups excluding carboxylic acids is 3. The van der Waals surface area contributed by atoms with Crippen molar-refractivity contribution < 1.29 is 14.4 Å². The van der Waals surface area contributed by atoms with Crippen LogP contribution in [0.1, 0.15) is 40.5 Å². The molecule has 2 N–H and O–H groups in total. The number of nitrogens with zero attached hydrogens (tertiary/aromatic N) is 1. The van der Waals surface area contributed by atoms with E-state index in [0.29, 0.717) is 19.6 Å². The van der Waals surface area contributed by atoms with Gasteiger partial charge in [-0.2, -0.15) is 0 Å². The summed E-state index contributed by atoms with van der Waals surface area (Å²) in [4.78, 5) is 37.5. The Labute approximate surface area is 126 Å². The van der Waals surface area contributed by atoms with E-state index >= 15 is 0 Å². The van der Waals surface area contributed by atoms with Crippen LogP contribution in [-0.2, 0) is 14.4 Å². The number of hydrogen-bond acceptors (Lipinski definition) is 3. The van der Waals surface area contributed by atoms with Gasteiger partial charge in [-0.15, -0.1) is 0 Å².